The van der Waals surface area contributed by atoms with E-state index < -0.39 is 0 Å². The molecule has 0 atom stereocenters. The molecule has 0 aliphatic heterocycles. The van der Waals surface area contributed by atoms with Crippen LogP contribution < -0.4 is 5.73 Å². The van der Waals surface area contributed by atoms with E-state index in [2.05, 4.69) is 5.10 Å². The highest BCUT2D eigenvalue weighted by Crippen LogP contribution is 2.27. The number of hydrogen-bond acceptors (Lipinski definition) is 3. The summed E-state index contributed by atoms with van der Waals surface area (Å²) < 4.78 is 7.48. The van der Waals surface area contributed by atoms with Crippen LogP contribution in [-0.2, 0) is 11.3 Å². The zero-order valence-corrected chi connectivity index (χ0v) is 9.06. The van der Waals surface area contributed by atoms with Crippen LogP contribution in [0.4, 0.5) is 0 Å². The third-order valence-electron chi connectivity index (χ3n) is 3.01. The van der Waals surface area contributed by atoms with Gasteiger partial charge < -0.3 is 10.5 Å². The molecular formula is C11H19N3O. The highest BCUT2D eigenvalue weighted by atomic mass is 16.5. The van der Waals surface area contributed by atoms with Crippen molar-refractivity contribution in [3.63, 3.8) is 0 Å². The molecule has 4 heteroatoms. The largest absolute Gasteiger partial charge is 0.378 e. The zero-order valence-electron chi connectivity index (χ0n) is 9.06. The molecule has 0 spiro atoms. The number of aromatic nitrogens is 2. The van der Waals surface area contributed by atoms with Gasteiger partial charge in [-0.15, -0.1) is 0 Å². The van der Waals surface area contributed by atoms with Crippen molar-refractivity contribution in [2.24, 2.45) is 5.73 Å². The Morgan fingerprint density at radius 3 is 2.87 bits per heavy atom. The van der Waals surface area contributed by atoms with E-state index in [0.717, 1.165) is 19.4 Å². The summed E-state index contributed by atoms with van der Waals surface area (Å²) >= 11 is 0. The average Bonchev–Trinajstić information content (AvgIpc) is 2.84. The van der Waals surface area contributed by atoms with E-state index in [-0.39, 0.29) is 5.54 Å². The molecule has 1 saturated carbocycles. The van der Waals surface area contributed by atoms with Gasteiger partial charge in [0.1, 0.15) is 0 Å². The van der Waals surface area contributed by atoms with E-state index in [1.165, 1.54) is 12.8 Å². The van der Waals surface area contributed by atoms with Gasteiger partial charge in [-0.3, -0.25) is 4.68 Å². The van der Waals surface area contributed by atoms with Crippen LogP contribution in [-0.4, -0.2) is 28.5 Å². The Labute approximate surface area is 90.4 Å². The molecule has 2 N–H and O–H groups in total. The molecule has 1 fully saturated rings. The van der Waals surface area contributed by atoms with Crippen LogP contribution in [0.5, 0.6) is 0 Å². The van der Waals surface area contributed by atoms with E-state index in [0.29, 0.717) is 13.2 Å². The van der Waals surface area contributed by atoms with Crippen molar-refractivity contribution in [1.29, 1.82) is 0 Å². The second-order valence-electron chi connectivity index (χ2n) is 4.39. The fourth-order valence-electron chi connectivity index (χ4n) is 2.09. The van der Waals surface area contributed by atoms with Gasteiger partial charge in [-0.05, 0) is 18.9 Å². The molecule has 0 unspecified atom stereocenters. The summed E-state index contributed by atoms with van der Waals surface area (Å²) in [6, 6.07) is 1.92. The summed E-state index contributed by atoms with van der Waals surface area (Å²) in [7, 11) is 0. The lowest BCUT2D eigenvalue weighted by atomic mass is 10.0. The average molecular weight is 209 g/mol. The quantitative estimate of drug-likeness (QED) is 0.741. The predicted octanol–water partition coefficient (Wildman–Crippen LogP) is 1.17. The van der Waals surface area contributed by atoms with Crippen molar-refractivity contribution >= 4 is 0 Å². The molecule has 1 aromatic rings. The number of rotatable bonds is 5. The maximum Gasteiger partial charge on any atom is 0.0663 e. The molecule has 0 radical (unpaired) electrons. The normalized spacial score (nSPS) is 19.5. The van der Waals surface area contributed by atoms with E-state index in [1.807, 2.05) is 16.9 Å². The van der Waals surface area contributed by atoms with Gasteiger partial charge in [-0.25, -0.2) is 0 Å². The van der Waals surface area contributed by atoms with E-state index >= 15 is 0 Å². The summed E-state index contributed by atoms with van der Waals surface area (Å²) in [5, 5.41) is 4.11. The van der Waals surface area contributed by atoms with Gasteiger partial charge in [0.05, 0.1) is 19.8 Å². The summed E-state index contributed by atoms with van der Waals surface area (Å²) in [4.78, 5) is 0. The fourth-order valence-corrected chi connectivity index (χ4v) is 2.09. The fraction of sp³-hybridized carbons (Fsp3) is 0.727. The summed E-state index contributed by atoms with van der Waals surface area (Å²) in [6.45, 7) is 2.19. The molecule has 15 heavy (non-hydrogen) atoms. The predicted molar refractivity (Wildman–Crippen MR) is 58.4 cm³/mol. The summed E-state index contributed by atoms with van der Waals surface area (Å²) in [5.74, 6) is 0. The zero-order chi connectivity index (χ0) is 10.6. The summed E-state index contributed by atoms with van der Waals surface area (Å²) in [5.41, 5.74) is 6.12. The molecule has 84 valence electrons. The van der Waals surface area contributed by atoms with Crippen LogP contribution in [0.15, 0.2) is 18.5 Å². The number of hydrogen-bond donors (Lipinski definition) is 1. The first-order chi connectivity index (χ1) is 7.29. The second kappa shape index (κ2) is 4.77. The van der Waals surface area contributed by atoms with Crippen molar-refractivity contribution in [3.8, 4) is 0 Å². The second-order valence-corrected chi connectivity index (χ2v) is 4.39. The standard InChI is InChI=1S/C11H19N3O/c12-11(4-1-2-5-11)10-15-9-8-14-7-3-6-13-14/h3,6-7H,1-2,4-5,8-10,12H2. The highest BCUT2D eigenvalue weighted by molar-refractivity contribution is 4.88. The molecule has 1 aliphatic carbocycles. The molecule has 1 aliphatic rings. The Bertz CT molecular complexity index is 278. The molecular weight excluding hydrogens is 190 g/mol. The van der Waals surface area contributed by atoms with Crippen molar-refractivity contribution in [1.82, 2.24) is 9.78 Å². The van der Waals surface area contributed by atoms with Crippen molar-refractivity contribution in [2.45, 2.75) is 37.8 Å². The molecule has 0 saturated heterocycles. The number of nitrogens with two attached hydrogens (primary N) is 1. The van der Waals surface area contributed by atoms with Gasteiger partial charge in [-0.1, -0.05) is 12.8 Å². The van der Waals surface area contributed by atoms with Crippen LogP contribution in [0.1, 0.15) is 25.7 Å². The first kappa shape index (κ1) is 10.6. The van der Waals surface area contributed by atoms with Crippen LogP contribution >= 0.6 is 0 Å². The first-order valence-electron chi connectivity index (χ1n) is 5.63. The van der Waals surface area contributed by atoms with E-state index in [4.69, 9.17) is 10.5 Å². The Morgan fingerprint density at radius 1 is 1.40 bits per heavy atom. The lowest BCUT2D eigenvalue weighted by Crippen LogP contribution is -2.41. The molecule has 2 rings (SSSR count). The van der Waals surface area contributed by atoms with E-state index in [1.54, 1.807) is 6.20 Å². The minimum absolute atomic E-state index is 0.0515. The van der Waals surface area contributed by atoms with Crippen molar-refractivity contribution in [2.75, 3.05) is 13.2 Å². The van der Waals surface area contributed by atoms with Crippen LogP contribution in [0, 0.1) is 0 Å². The van der Waals surface area contributed by atoms with Gasteiger partial charge in [0.15, 0.2) is 0 Å². The number of nitrogens with zero attached hydrogens (tertiary/aromatic N) is 2. The third kappa shape index (κ3) is 3.04. The van der Waals surface area contributed by atoms with E-state index in [9.17, 15) is 0 Å². The monoisotopic (exact) mass is 209 g/mol. The molecule has 0 aromatic carbocycles. The van der Waals surface area contributed by atoms with Crippen LogP contribution in [0.2, 0.25) is 0 Å². The number of ether oxygens (including phenoxy) is 1. The molecule has 1 aromatic heterocycles. The minimum Gasteiger partial charge on any atom is -0.378 e. The van der Waals surface area contributed by atoms with Crippen LogP contribution in [0.3, 0.4) is 0 Å². The van der Waals surface area contributed by atoms with Gasteiger partial charge >= 0.3 is 0 Å². The Balaban J connectivity index is 1.62. The van der Waals surface area contributed by atoms with Gasteiger partial charge in [-0.2, -0.15) is 5.10 Å². The Kier molecular flexibility index (Phi) is 3.38. The van der Waals surface area contributed by atoms with Gasteiger partial charge in [0.25, 0.3) is 0 Å². The lowest BCUT2D eigenvalue weighted by Gasteiger charge is -2.23. The van der Waals surface area contributed by atoms with Crippen molar-refractivity contribution in [3.05, 3.63) is 18.5 Å². The molecule has 0 amide bonds. The summed E-state index contributed by atoms with van der Waals surface area (Å²) in [6.07, 6.45) is 8.43. The molecule has 0 bridgehead atoms. The maximum atomic E-state index is 6.17. The van der Waals surface area contributed by atoms with Gasteiger partial charge in [0, 0.05) is 17.9 Å². The topological polar surface area (TPSA) is 53.1 Å². The maximum absolute atomic E-state index is 6.17. The minimum atomic E-state index is -0.0515. The SMILES string of the molecule is NC1(COCCn2cccn2)CCCC1. The van der Waals surface area contributed by atoms with Crippen molar-refractivity contribution < 1.29 is 4.74 Å². The smallest absolute Gasteiger partial charge is 0.0663 e. The van der Waals surface area contributed by atoms with Crippen LogP contribution in [0.25, 0.3) is 0 Å². The molecule has 4 nitrogen and oxygen atoms in total. The third-order valence-corrected chi connectivity index (χ3v) is 3.01. The first-order valence-corrected chi connectivity index (χ1v) is 5.63. The van der Waals surface area contributed by atoms with Gasteiger partial charge in [0.2, 0.25) is 0 Å². The molecule has 1 heterocycles. The Morgan fingerprint density at radius 2 is 2.20 bits per heavy atom. The Hall–Kier alpha value is -0.870. The lowest BCUT2D eigenvalue weighted by molar-refractivity contribution is 0.0794. The highest BCUT2D eigenvalue weighted by Gasteiger charge is 2.29.